The quantitative estimate of drug-likeness (QED) is 0.423. The fraction of sp³-hybridized carbons (Fsp3) is 0.481. The Morgan fingerprint density at radius 2 is 1.68 bits per heavy atom. The van der Waals surface area contributed by atoms with Gasteiger partial charge in [0, 0.05) is 32.4 Å². The van der Waals surface area contributed by atoms with E-state index in [0.717, 1.165) is 24.8 Å². The number of hydrogen-bond acceptors (Lipinski definition) is 4. The number of alkyl halides is 3. The molecule has 2 heterocycles. The number of carbonyl (C=O) groups excluding carboxylic acids is 2. The van der Waals surface area contributed by atoms with E-state index in [1.807, 2.05) is 11.0 Å². The van der Waals surface area contributed by atoms with Gasteiger partial charge in [-0.3, -0.25) is 19.6 Å². The molecule has 2 aromatic rings. The number of piperazine rings is 1. The molecule has 37 heavy (non-hydrogen) atoms. The molecule has 1 aliphatic heterocycles. The van der Waals surface area contributed by atoms with Crippen molar-refractivity contribution in [3.8, 4) is 0 Å². The third-order valence-electron chi connectivity index (χ3n) is 7.08. The lowest BCUT2D eigenvalue weighted by molar-refractivity contribution is -0.138. The molecule has 2 N–H and O–H groups in total. The lowest BCUT2D eigenvalue weighted by atomic mass is 9.93. The van der Waals surface area contributed by atoms with Crippen LogP contribution in [0.1, 0.15) is 60.6 Å². The highest BCUT2D eigenvalue weighted by Gasteiger charge is 2.37. The molecule has 1 aliphatic carbocycles. The molecule has 1 saturated heterocycles. The first-order valence-corrected chi connectivity index (χ1v) is 12.6. The molecule has 10 heteroatoms. The first-order valence-electron chi connectivity index (χ1n) is 12.6. The predicted octanol–water partition coefficient (Wildman–Crippen LogP) is 4.13. The molecule has 1 unspecified atom stereocenters. The van der Waals surface area contributed by atoms with Crippen LogP contribution in [0.25, 0.3) is 0 Å². The van der Waals surface area contributed by atoms with Gasteiger partial charge in [-0.15, -0.1) is 0 Å². The van der Waals surface area contributed by atoms with Gasteiger partial charge in [0.25, 0.3) is 5.91 Å². The van der Waals surface area contributed by atoms with Crippen molar-refractivity contribution >= 4 is 17.6 Å². The average molecular weight is 516 g/mol. The maximum Gasteiger partial charge on any atom is 0.417 e. The number of aliphatic imine (C=N–C) groups is 1. The van der Waals surface area contributed by atoms with E-state index < -0.39 is 29.1 Å². The summed E-state index contributed by atoms with van der Waals surface area (Å²) < 4.78 is 40.4. The van der Waals surface area contributed by atoms with Gasteiger partial charge in [0.15, 0.2) is 5.84 Å². The first kappa shape index (κ1) is 26.6. The highest BCUT2D eigenvalue weighted by molar-refractivity contribution is 6.00. The summed E-state index contributed by atoms with van der Waals surface area (Å²) in [6.45, 7) is 2.79. The second kappa shape index (κ2) is 10.9. The maximum absolute atomic E-state index is 13.5. The molecule has 1 atom stereocenters. The third kappa shape index (κ3) is 6.47. The van der Waals surface area contributed by atoms with E-state index in [1.54, 1.807) is 25.3 Å². The molecule has 0 radical (unpaired) electrons. The summed E-state index contributed by atoms with van der Waals surface area (Å²) in [6, 6.07) is 10.2. The van der Waals surface area contributed by atoms with Gasteiger partial charge in [0.2, 0.25) is 5.91 Å². The zero-order chi connectivity index (χ0) is 26.6. The summed E-state index contributed by atoms with van der Waals surface area (Å²) in [6.07, 6.45) is 1.86. The average Bonchev–Trinajstić information content (AvgIpc) is 3.71. The van der Waals surface area contributed by atoms with Crippen molar-refractivity contribution < 1.29 is 22.8 Å². The van der Waals surface area contributed by atoms with E-state index in [0.29, 0.717) is 31.0 Å². The number of amidine groups is 1. The molecule has 2 fully saturated rings. The zero-order valence-electron chi connectivity index (χ0n) is 20.9. The number of hydrogen-bond donors (Lipinski definition) is 1. The van der Waals surface area contributed by atoms with Crippen LogP contribution in [0.5, 0.6) is 0 Å². The fourth-order valence-electron chi connectivity index (χ4n) is 4.60. The topological polar surface area (TPSA) is 91.9 Å². The van der Waals surface area contributed by atoms with Crippen molar-refractivity contribution in [2.24, 2.45) is 16.6 Å². The van der Waals surface area contributed by atoms with Crippen LogP contribution in [0, 0.1) is 5.92 Å². The van der Waals surface area contributed by atoms with E-state index in [4.69, 9.17) is 10.7 Å². The van der Waals surface area contributed by atoms with Gasteiger partial charge in [-0.05, 0) is 43.5 Å². The Bertz CT molecular complexity index is 1140. The van der Waals surface area contributed by atoms with Crippen LogP contribution in [0.4, 0.5) is 13.2 Å². The summed E-state index contributed by atoms with van der Waals surface area (Å²) in [5.41, 5.74) is 3.94. The normalized spacial score (nSPS) is 18.4. The minimum Gasteiger partial charge on any atom is -0.368 e. The van der Waals surface area contributed by atoms with E-state index >= 15 is 0 Å². The second-order valence-corrected chi connectivity index (χ2v) is 9.95. The van der Waals surface area contributed by atoms with Crippen LogP contribution in [-0.2, 0) is 11.0 Å². The van der Waals surface area contributed by atoms with Gasteiger partial charge in [-0.1, -0.05) is 43.9 Å². The minimum absolute atomic E-state index is 0.200. The van der Waals surface area contributed by atoms with Crippen molar-refractivity contribution in [2.75, 3.05) is 26.2 Å². The van der Waals surface area contributed by atoms with Gasteiger partial charge in [0.1, 0.15) is 11.2 Å². The Morgan fingerprint density at radius 3 is 2.27 bits per heavy atom. The molecule has 1 aromatic heterocycles. The van der Waals surface area contributed by atoms with Crippen molar-refractivity contribution in [1.82, 2.24) is 14.8 Å². The van der Waals surface area contributed by atoms with Crippen molar-refractivity contribution in [3.63, 3.8) is 0 Å². The smallest absolute Gasteiger partial charge is 0.368 e. The van der Waals surface area contributed by atoms with E-state index in [-0.39, 0.29) is 18.7 Å². The largest absolute Gasteiger partial charge is 0.417 e. The van der Waals surface area contributed by atoms with Crippen LogP contribution in [0.2, 0.25) is 0 Å². The van der Waals surface area contributed by atoms with Crippen LogP contribution in [-0.4, -0.2) is 64.2 Å². The van der Waals surface area contributed by atoms with E-state index in [2.05, 4.69) is 4.98 Å². The van der Waals surface area contributed by atoms with Gasteiger partial charge < -0.3 is 15.5 Å². The van der Waals surface area contributed by atoms with E-state index in [1.165, 1.54) is 35.9 Å². The van der Waals surface area contributed by atoms with Crippen LogP contribution in [0.15, 0.2) is 53.7 Å². The van der Waals surface area contributed by atoms with Crippen LogP contribution < -0.4 is 5.73 Å². The van der Waals surface area contributed by atoms with Crippen molar-refractivity contribution in [1.29, 1.82) is 0 Å². The number of carbonyl (C=O) groups is 2. The second-order valence-electron chi connectivity index (χ2n) is 9.95. The fourth-order valence-corrected chi connectivity index (χ4v) is 4.60. The molecule has 198 valence electrons. The zero-order valence-corrected chi connectivity index (χ0v) is 20.9. The molecule has 2 amide bonds. The van der Waals surface area contributed by atoms with Crippen LogP contribution >= 0.6 is 0 Å². The molecular formula is C27H32F3N5O2. The minimum atomic E-state index is -4.62. The number of nitrogens with two attached hydrogens (primary N) is 1. The molecule has 2 aliphatic rings. The number of rotatable bonds is 8. The Balaban J connectivity index is 1.54. The maximum atomic E-state index is 13.5. The highest BCUT2D eigenvalue weighted by Crippen LogP contribution is 2.35. The number of nitrogens with zero attached hydrogens (tertiary/aromatic N) is 4. The lowest BCUT2D eigenvalue weighted by Crippen LogP contribution is -2.52. The monoisotopic (exact) mass is 515 g/mol. The Morgan fingerprint density at radius 1 is 1.03 bits per heavy atom. The summed E-state index contributed by atoms with van der Waals surface area (Å²) in [5.74, 6) is 0.0424. The molecule has 7 nitrogen and oxygen atoms in total. The summed E-state index contributed by atoms with van der Waals surface area (Å²) in [7, 11) is 0. The first-order chi connectivity index (χ1) is 17.6. The highest BCUT2D eigenvalue weighted by atomic mass is 19.4. The molecule has 0 bridgehead atoms. The van der Waals surface area contributed by atoms with Gasteiger partial charge in [-0.25, -0.2) is 0 Å². The molecule has 0 spiro atoms. The van der Waals surface area contributed by atoms with Crippen molar-refractivity contribution in [2.45, 2.75) is 50.7 Å². The molecule has 1 aromatic carbocycles. The van der Waals surface area contributed by atoms with Gasteiger partial charge >= 0.3 is 6.18 Å². The SMILES string of the molecule is CC(CCCC1CC1)(N=C(c1ccccn1)N1CCN(C(=O)c2ccccc2C(F)(F)F)CC1)C(N)=O. The number of aromatic nitrogens is 1. The number of amides is 2. The predicted molar refractivity (Wildman–Crippen MR) is 134 cm³/mol. The summed E-state index contributed by atoms with van der Waals surface area (Å²) in [4.78, 5) is 38.1. The van der Waals surface area contributed by atoms with Crippen molar-refractivity contribution in [3.05, 3.63) is 65.5 Å². The van der Waals surface area contributed by atoms with Gasteiger partial charge in [0.05, 0.1) is 11.1 Å². The number of halogens is 3. The molecular weight excluding hydrogens is 483 g/mol. The third-order valence-corrected chi connectivity index (χ3v) is 7.08. The Labute approximate surface area is 214 Å². The molecule has 1 saturated carbocycles. The molecule has 4 rings (SSSR count). The number of primary amides is 1. The summed E-state index contributed by atoms with van der Waals surface area (Å²) >= 11 is 0. The lowest BCUT2D eigenvalue weighted by Gasteiger charge is -2.37. The number of pyridine rings is 1. The summed E-state index contributed by atoms with van der Waals surface area (Å²) in [5, 5.41) is 0. The van der Waals surface area contributed by atoms with Crippen LogP contribution in [0.3, 0.4) is 0 Å². The standard InChI is InChI=1S/C27H32F3N5O2/c1-26(25(31)37,13-6-7-19-11-12-19)33-23(22-10-4-5-14-32-22)34-15-17-35(18-16-34)24(36)20-8-2-3-9-21(20)27(28,29)30/h2-5,8-10,14,19H,6-7,11-13,15-18H2,1H3,(H2,31,37). The van der Waals surface area contributed by atoms with E-state index in [9.17, 15) is 22.8 Å². The number of benzene rings is 1. The Hall–Kier alpha value is -3.43. The van der Waals surface area contributed by atoms with Gasteiger partial charge in [-0.2, -0.15) is 13.2 Å². The Kier molecular flexibility index (Phi) is 7.85.